The van der Waals surface area contributed by atoms with E-state index in [4.69, 9.17) is 5.11 Å². The highest BCUT2D eigenvalue weighted by Gasteiger charge is 2.34. The van der Waals surface area contributed by atoms with Crippen LogP contribution >= 0.6 is 0 Å². The van der Waals surface area contributed by atoms with Gasteiger partial charge in [-0.15, -0.1) is 0 Å². The summed E-state index contributed by atoms with van der Waals surface area (Å²) in [6, 6.07) is 6.52. The highest BCUT2D eigenvalue weighted by atomic mass is 16.4. The van der Waals surface area contributed by atoms with Gasteiger partial charge < -0.3 is 10.1 Å². The van der Waals surface area contributed by atoms with Gasteiger partial charge in [0.05, 0.1) is 11.1 Å². The van der Waals surface area contributed by atoms with Crippen molar-refractivity contribution in [2.24, 2.45) is 0 Å². The molecule has 0 aliphatic carbocycles. The molecule has 2 heterocycles. The first-order valence-corrected chi connectivity index (χ1v) is 6.75. The van der Waals surface area contributed by atoms with E-state index in [9.17, 15) is 19.2 Å². The fourth-order valence-corrected chi connectivity index (χ4v) is 2.37. The van der Waals surface area contributed by atoms with Crippen LogP contribution in [0.25, 0.3) is 0 Å². The molecule has 8 heteroatoms. The van der Waals surface area contributed by atoms with Gasteiger partial charge in [-0.05, 0) is 12.1 Å². The van der Waals surface area contributed by atoms with E-state index in [2.05, 4.69) is 9.97 Å². The number of amides is 2. The average molecular weight is 313 g/mol. The molecule has 116 valence electrons. The third-order valence-corrected chi connectivity index (χ3v) is 3.53. The molecule has 2 aromatic rings. The van der Waals surface area contributed by atoms with Crippen LogP contribution < -0.4 is 5.56 Å². The lowest BCUT2D eigenvalue weighted by Gasteiger charge is -2.13. The van der Waals surface area contributed by atoms with Gasteiger partial charge in [0, 0.05) is 19.2 Å². The van der Waals surface area contributed by atoms with Gasteiger partial charge in [-0.3, -0.25) is 19.3 Å². The number of hydrogen-bond acceptors (Lipinski definition) is 5. The monoisotopic (exact) mass is 313 g/mol. The van der Waals surface area contributed by atoms with Gasteiger partial charge >= 0.3 is 5.97 Å². The molecule has 0 fully saturated rings. The standard InChI is InChI=1S/C15H11N3O5/c19-12-10(15(22)23)7-16-11(17-12)5-6-18-13(20)8-3-1-2-4-9(8)14(18)21/h1-4,7H,5-6H2,(H,22,23)(H,16,17,19). The second-order valence-electron chi connectivity index (χ2n) is 4.94. The van der Waals surface area contributed by atoms with Crippen molar-refractivity contribution in [2.45, 2.75) is 6.42 Å². The molecule has 8 nitrogen and oxygen atoms in total. The van der Waals surface area contributed by atoms with Crippen LogP contribution in [0.5, 0.6) is 0 Å². The molecular weight excluding hydrogens is 302 g/mol. The fourth-order valence-electron chi connectivity index (χ4n) is 2.37. The van der Waals surface area contributed by atoms with Crippen molar-refractivity contribution in [1.82, 2.24) is 14.9 Å². The second-order valence-corrected chi connectivity index (χ2v) is 4.94. The summed E-state index contributed by atoms with van der Waals surface area (Å²) >= 11 is 0. The van der Waals surface area contributed by atoms with E-state index >= 15 is 0 Å². The van der Waals surface area contributed by atoms with E-state index in [0.717, 1.165) is 11.1 Å². The summed E-state index contributed by atoms with van der Waals surface area (Å²) in [6.45, 7) is 0.0434. The number of rotatable bonds is 4. The third-order valence-electron chi connectivity index (χ3n) is 3.53. The van der Waals surface area contributed by atoms with Crippen LogP contribution in [0, 0.1) is 0 Å². The Hall–Kier alpha value is -3.29. The fraction of sp³-hybridized carbons (Fsp3) is 0.133. The van der Waals surface area contributed by atoms with Gasteiger partial charge in [0.1, 0.15) is 11.4 Å². The number of aromatic carboxylic acids is 1. The van der Waals surface area contributed by atoms with Crippen LogP contribution in [0.4, 0.5) is 0 Å². The lowest BCUT2D eigenvalue weighted by atomic mass is 10.1. The molecule has 0 atom stereocenters. The average Bonchev–Trinajstić information content (AvgIpc) is 2.77. The molecule has 1 aromatic heterocycles. The van der Waals surface area contributed by atoms with Crippen molar-refractivity contribution < 1.29 is 19.5 Å². The van der Waals surface area contributed by atoms with Crippen LogP contribution in [0.15, 0.2) is 35.3 Å². The molecule has 0 saturated heterocycles. The summed E-state index contributed by atoms with van der Waals surface area (Å²) < 4.78 is 0. The highest BCUT2D eigenvalue weighted by molar-refractivity contribution is 6.21. The number of aromatic nitrogens is 2. The molecule has 3 rings (SSSR count). The Labute approximate surface area is 129 Å². The highest BCUT2D eigenvalue weighted by Crippen LogP contribution is 2.22. The Morgan fingerprint density at radius 2 is 1.74 bits per heavy atom. The molecule has 0 spiro atoms. The van der Waals surface area contributed by atoms with Crippen LogP contribution in [0.2, 0.25) is 0 Å². The predicted molar refractivity (Wildman–Crippen MR) is 77.3 cm³/mol. The molecule has 1 aliphatic rings. The Morgan fingerprint density at radius 1 is 1.13 bits per heavy atom. The number of nitrogens with one attached hydrogen (secondary N) is 1. The van der Waals surface area contributed by atoms with Gasteiger partial charge in [-0.1, -0.05) is 12.1 Å². The molecule has 0 bridgehead atoms. The number of fused-ring (bicyclic) bond motifs is 1. The van der Waals surface area contributed by atoms with Crippen molar-refractivity contribution in [3.63, 3.8) is 0 Å². The van der Waals surface area contributed by atoms with Gasteiger partial charge in [0.25, 0.3) is 17.4 Å². The number of imide groups is 1. The van der Waals surface area contributed by atoms with Crippen molar-refractivity contribution in [1.29, 1.82) is 0 Å². The SMILES string of the molecule is O=C(O)c1cnc(CCN2C(=O)c3ccccc3C2=O)[nH]c1=O. The minimum absolute atomic E-state index is 0.0434. The number of aromatic amines is 1. The van der Waals surface area contributed by atoms with E-state index < -0.39 is 28.9 Å². The lowest BCUT2D eigenvalue weighted by molar-refractivity contribution is 0.0652. The van der Waals surface area contributed by atoms with Crippen molar-refractivity contribution >= 4 is 17.8 Å². The van der Waals surface area contributed by atoms with E-state index in [1.807, 2.05) is 0 Å². The summed E-state index contributed by atoms with van der Waals surface area (Å²) in [4.78, 5) is 53.9. The largest absolute Gasteiger partial charge is 0.477 e. The molecular formula is C15H11N3O5. The van der Waals surface area contributed by atoms with Crippen LogP contribution in [-0.4, -0.2) is 44.3 Å². The molecule has 2 N–H and O–H groups in total. The first-order chi connectivity index (χ1) is 11.0. The summed E-state index contributed by atoms with van der Waals surface area (Å²) in [5.41, 5.74) is -0.542. The topological polar surface area (TPSA) is 120 Å². The first kappa shape index (κ1) is 14.6. The maximum absolute atomic E-state index is 12.2. The Balaban J connectivity index is 1.76. The van der Waals surface area contributed by atoms with E-state index in [1.165, 1.54) is 0 Å². The summed E-state index contributed by atoms with van der Waals surface area (Å²) in [5, 5.41) is 8.77. The number of carbonyl (C=O) groups excluding carboxylic acids is 2. The summed E-state index contributed by atoms with van der Waals surface area (Å²) in [5.74, 6) is -1.95. The smallest absolute Gasteiger partial charge is 0.342 e. The Morgan fingerprint density at radius 3 is 2.26 bits per heavy atom. The minimum atomic E-state index is -1.37. The van der Waals surface area contributed by atoms with Crippen molar-refractivity contribution in [3.05, 3.63) is 63.3 Å². The quantitative estimate of drug-likeness (QED) is 0.784. The van der Waals surface area contributed by atoms with Crippen LogP contribution in [0.3, 0.4) is 0 Å². The van der Waals surface area contributed by atoms with Crippen LogP contribution in [0.1, 0.15) is 36.9 Å². The van der Waals surface area contributed by atoms with Crippen molar-refractivity contribution in [3.8, 4) is 0 Å². The number of nitrogens with zero attached hydrogens (tertiary/aromatic N) is 2. The first-order valence-electron chi connectivity index (χ1n) is 6.75. The molecule has 1 aliphatic heterocycles. The normalized spacial score (nSPS) is 13.3. The maximum atomic E-state index is 12.2. The molecule has 0 radical (unpaired) electrons. The zero-order chi connectivity index (χ0) is 16.6. The Kier molecular flexibility index (Phi) is 3.49. The Bertz CT molecular complexity index is 852. The molecule has 1 aromatic carbocycles. The van der Waals surface area contributed by atoms with Gasteiger partial charge in [-0.25, -0.2) is 9.78 Å². The third kappa shape index (κ3) is 2.50. The van der Waals surface area contributed by atoms with E-state index in [-0.39, 0.29) is 18.8 Å². The van der Waals surface area contributed by atoms with Gasteiger partial charge in [0.15, 0.2) is 0 Å². The number of hydrogen-bond donors (Lipinski definition) is 2. The number of H-pyrrole nitrogens is 1. The van der Waals surface area contributed by atoms with E-state index in [0.29, 0.717) is 11.1 Å². The number of carboxylic acids is 1. The number of carbonyl (C=O) groups is 3. The molecule has 23 heavy (non-hydrogen) atoms. The molecule has 0 unspecified atom stereocenters. The van der Waals surface area contributed by atoms with E-state index in [1.54, 1.807) is 24.3 Å². The number of carboxylic acid groups (broad SMARTS) is 1. The minimum Gasteiger partial charge on any atom is -0.477 e. The maximum Gasteiger partial charge on any atom is 0.342 e. The van der Waals surface area contributed by atoms with Gasteiger partial charge in [0.2, 0.25) is 0 Å². The summed E-state index contributed by atoms with van der Waals surface area (Å²) in [7, 11) is 0. The van der Waals surface area contributed by atoms with Gasteiger partial charge in [-0.2, -0.15) is 0 Å². The number of benzene rings is 1. The second kappa shape index (κ2) is 5.48. The van der Waals surface area contributed by atoms with Crippen LogP contribution in [-0.2, 0) is 6.42 Å². The summed E-state index contributed by atoms with van der Waals surface area (Å²) in [6.07, 6.45) is 1.08. The zero-order valence-corrected chi connectivity index (χ0v) is 11.8. The molecule has 0 saturated carbocycles. The predicted octanol–water partition coefficient (Wildman–Crippen LogP) is 0.307. The molecule has 2 amide bonds. The lowest BCUT2D eigenvalue weighted by Crippen LogP contribution is -2.32. The zero-order valence-electron chi connectivity index (χ0n) is 11.8. The van der Waals surface area contributed by atoms with Crippen molar-refractivity contribution in [2.75, 3.05) is 6.54 Å².